The summed E-state index contributed by atoms with van der Waals surface area (Å²) in [7, 11) is 0. The fraction of sp³-hybridized carbons (Fsp3) is 0.154. The molecule has 0 amide bonds. The number of esters is 1. The average molecular weight is 510 g/mol. The molecule has 0 saturated heterocycles. The first-order valence-electron chi connectivity index (χ1n) is 10.8. The van der Waals surface area contributed by atoms with Gasteiger partial charge in [0.05, 0.1) is 5.56 Å². The molecule has 3 rings (SSSR count). The van der Waals surface area contributed by atoms with Gasteiger partial charge in [-0.25, -0.2) is 19.2 Å². The molecule has 0 bridgehead atoms. The summed E-state index contributed by atoms with van der Waals surface area (Å²) in [5.41, 5.74) is 1.57. The predicted molar refractivity (Wildman–Crippen MR) is 125 cm³/mol. The van der Waals surface area contributed by atoms with Crippen molar-refractivity contribution in [2.45, 2.75) is 27.4 Å². The monoisotopic (exact) mass is 510 g/mol. The van der Waals surface area contributed by atoms with E-state index in [0.29, 0.717) is 11.1 Å². The molecular weight excluding hydrogens is 488 g/mol. The second-order valence-electron chi connectivity index (χ2n) is 7.48. The van der Waals surface area contributed by atoms with Crippen LogP contribution in [0.1, 0.15) is 36.7 Å². The van der Waals surface area contributed by atoms with Crippen molar-refractivity contribution in [1.82, 2.24) is 0 Å². The van der Waals surface area contributed by atoms with E-state index in [9.17, 15) is 19.2 Å². The van der Waals surface area contributed by atoms with Gasteiger partial charge in [-0.3, -0.25) is 29.3 Å². The molecule has 0 spiro atoms. The number of benzene rings is 3. The molecule has 0 heterocycles. The van der Waals surface area contributed by atoms with Gasteiger partial charge < -0.3 is 4.74 Å². The van der Waals surface area contributed by atoms with Crippen LogP contribution in [0.3, 0.4) is 0 Å². The highest BCUT2D eigenvalue weighted by Gasteiger charge is 2.16. The number of hydrogen-bond donors (Lipinski definition) is 0. The van der Waals surface area contributed by atoms with Gasteiger partial charge >= 0.3 is 23.9 Å². The molecule has 3 aromatic carbocycles. The molecule has 11 heteroatoms. The number of ether oxygens (including phenoxy) is 1. The summed E-state index contributed by atoms with van der Waals surface area (Å²) in [6.07, 6.45) is 0. The standard InChI is InChI=1S/C26H22O11/c1-16(27)32-35-23-10-20(9-22(13-23)26(30)31-15-19-7-5-4-6-8-19)21-11-24(36-33-17(2)28)14-25(12-21)37-34-18(3)29/h4-14H,15H2,1-3H3. The topological polar surface area (TPSA) is 133 Å². The van der Waals surface area contributed by atoms with E-state index < -0.39 is 23.9 Å². The zero-order valence-electron chi connectivity index (χ0n) is 20.0. The van der Waals surface area contributed by atoms with Gasteiger partial charge in [-0.2, -0.15) is 0 Å². The molecule has 192 valence electrons. The smallest absolute Gasteiger partial charge is 0.352 e. The molecule has 37 heavy (non-hydrogen) atoms. The lowest BCUT2D eigenvalue weighted by molar-refractivity contribution is -0.213. The number of carbonyl (C=O) groups is 4. The van der Waals surface area contributed by atoms with E-state index in [4.69, 9.17) is 19.4 Å². The Balaban J connectivity index is 1.97. The molecule has 0 saturated carbocycles. The first kappa shape index (κ1) is 26.5. The third-order valence-electron chi connectivity index (χ3n) is 4.33. The van der Waals surface area contributed by atoms with Crippen molar-refractivity contribution in [3.63, 3.8) is 0 Å². The Labute approximate surface area is 211 Å². The lowest BCUT2D eigenvalue weighted by Crippen LogP contribution is -2.08. The van der Waals surface area contributed by atoms with Crippen molar-refractivity contribution in [3.8, 4) is 28.4 Å². The maximum Gasteiger partial charge on any atom is 0.352 e. The van der Waals surface area contributed by atoms with Gasteiger partial charge in [0, 0.05) is 26.8 Å². The van der Waals surface area contributed by atoms with Crippen molar-refractivity contribution >= 4 is 23.9 Å². The van der Waals surface area contributed by atoms with Crippen molar-refractivity contribution in [3.05, 3.63) is 77.9 Å². The molecule has 0 aromatic heterocycles. The lowest BCUT2D eigenvalue weighted by Gasteiger charge is -2.12. The van der Waals surface area contributed by atoms with E-state index in [2.05, 4.69) is 14.7 Å². The number of hydrogen-bond acceptors (Lipinski definition) is 11. The molecule has 0 aliphatic rings. The van der Waals surface area contributed by atoms with Crippen molar-refractivity contribution in [2.24, 2.45) is 0 Å². The molecule has 0 aliphatic heterocycles. The predicted octanol–water partition coefficient (Wildman–Crippen LogP) is 4.28. The van der Waals surface area contributed by atoms with Gasteiger partial charge in [-0.05, 0) is 47.0 Å². The van der Waals surface area contributed by atoms with Crippen molar-refractivity contribution < 1.29 is 53.2 Å². The zero-order valence-corrected chi connectivity index (χ0v) is 20.0. The zero-order chi connectivity index (χ0) is 26.8. The molecule has 0 atom stereocenters. The lowest BCUT2D eigenvalue weighted by atomic mass is 10.0. The van der Waals surface area contributed by atoms with E-state index in [-0.39, 0.29) is 29.4 Å². The summed E-state index contributed by atoms with van der Waals surface area (Å²) >= 11 is 0. The second-order valence-corrected chi connectivity index (χ2v) is 7.48. The van der Waals surface area contributed by atoms with Gasteiger partial charge in [0.1, 0.15) is 6.61 Å². The first-order valence-corrected chi connectivity index (χ1v) is 10.8. The Hall–Kier alpha value is -5.06. The quantitative estimate of drug-likeness (QED) is 0.220. The van der Waals surface area contributed by atoms with Crippen LogP contribution in [0.15, 0.2) is 66.7 Å². The first-order chi connectivity index (χ1) is 17.7. The van der Waals surface area contributed by atoms with Crippen LogP contribution in [0.25, 0.3) is 11.1 Å². The average Bonchev–Trinajstić information content (AvgIpc) is 2.88. The SMILES string of the molecule is CC(=O)OOc1cc(OOC(C)=O)cc(-c2cc(OOC(C)=O)cc(C(=O)OCc3ccccc3)c2)c1. The van der Waals surface area contributed by atoms with Gasteiger partial charge in [-0.1, -0.05) is 30.3 Å². The summed E-state index contributed by atoms with van der Waals surface area (Å²) in [6, 6.07) is 17.5. The summed E-state index contributed by atoms with van der Waals surface area (Å²) in [5, 5.41) is 0. The largest absolute Gasteiger partial charge is 0.457 e. The maximum atomic E-state index is 12.8. The highest BCUT2D eigenvalue weighted by atomic mass is 17.2. The Morgan fingerprint density at radius 2 is 1.05 bits per heavy atom. The fourth-order valence-corrected chi connectivity index (χ4v) is 2.89. The highest BCUT2D eigenvalue weighted by Crippen LogP contribution is 2.33. The third kappa shape index (κ3) is 8.58. The molecular formula is C26H22O11. The van der Waals surface area contributed by atoms with Gasteiger partial charge in [0.2, 0.25) is 0 Å². The van der Waals surface area contributed by atoms with Crippen LogP contribution in [-0.4, -0.2) is 23.9 Å². The Morgan fingerprint density at radius 3 is 1.54 bits per heavy atom. The summed E-state index contributed by atoms with van der Waals surface area (Å²) in [6.45, 7) is 3.45. The van der Waals surface area contributed by atoms with E-state index >= 15 is 0 Å². The minimum absolute atomic E-state index is 0.00752. The Bertz CT molecular complexity index is 1250. The highest BCUT2D eigenvalue weighted by molar-refractivity contribution is 5.92. The van der Waals surface area contributed by atoms with Crippen LogP contribution >= 0.6 is 0 Å². The maximum absolute atomic E-state index is 12.8. The van der Waals surface area contributed by atoms with Crippen LogP contribution in [0.4, 0.5) is 0 Å². The Morgan fingerprint density at radius 1 is 0.595 bits per heavy atom. The number of carbonyl (C=O) groups excluding carboxylic acids is 4. The van der Waals surface area contributed by atoms with E-state index in [1.165, 1.54) is 36.4 Å². The van der Waals surface area contributed by atoms with Crippen LogP contribution in [0.2, 0.25) is 0 Å². The summed E-state index contributed by atoms with van der Waals surface area (Å²) < 4.78 is 5.40. The van der Waals surface area contributed by atoms with Crippen LogP contribution in [0.5, 0.6) is 17.2 Å². The molecule has 0 radical (unpaired) electrons. The van der Waals surface area contributed by atoms with E-state index in [0.717, 1.165) is 26.3 Å². The van der Waals surface area contributed by atoms with Gasteiger partial charge in [0.15, 0.2) is 17.2 Å². The molecule has 11 nitrogen and oxygen atoms in total. The minimum Gasteiger partial charge on any atom is -0.457 e. The molecule has 0 fully saturated rings. The van der Waals surface area contributed by atoms with Crippen molar-refractivity contribution in [1.29, 1.82) is 0 Å². The van der Waals surface area contributed by atoms with Crippen LogP contribution in [0, 0.1) is 0 Å². The molecule has 0 unspecified atom stereocenters. The Kier molecular flexibility index (Phi) is 9.03. The van der Waals surface area contributed by atoms with Crippen LogP contribution < -0.4 is 14.7 Å². The molecule has 3 aromatic rings. The van der Waals surface area contributed by atoms with Crippen molar-refractivity contribution in [2.75, 3.05) is 0 Å². The van der Waals surface area contributed by atoms with E-state index in [1.54, 1.807) is 12.1 Å². The third-order valence-corrected chi connectivity index (χ3v) is 4.33. The fourth-order valence-electron chi connectivity index (χ4n) is 2.89. The number of rotatable bonds is 10. The summed E-state index contributed by atoms with van der Waals surface area (Å²) in [5.74, 6) is -2.80. The van der Waals surface area contributed by atoms with Gasteiger partial charge in [0.25, 0.3) is 0 Å². The van der Waals surface area contributed by atoms with Gasteiger partial charge in [-0.15, -0.1) is 0 Å². The van der Waals surface area contributed by atoms with E-state index in [1.807, 2.05) is 18.2 Å². The molecule has 0 N–H and O–H groups in total. The summed E-state index contributed by atoms with van der Waals surface area (Å²) in [4.78, 5) is 75.2. The molecule has 0 aliphatic carbocycles. The van der Waals surface area contributed by atoms with Crippen LogP contribution in [-0.2, 0) is 40.4 Å². The second kappa shape index (κ2) is 12.6. The normalized spacial score (nSPS) is 10.0. The minimum atomic E-state index is -0.715.